The van der Waals surface area contributed by atoms with Crippen LogP contribution in [0.2, 0.25) is 0 Å². The number of rotatable bonds is 4. The molecular formula is C23H33N7O2S. The molecule has 4 rings (SSSR count). The van der Waals surface area contributed by atoms with Gasteiger partial charge in [0, 0.05) is 37.3 Å². The fraction of sp³-hybridized carbons (Fsp3) is 0.609. The third kappa shape index (κ3) is 4.95. The van der Waals surface area contributed by atoms with Crippen LogP contribution in [0, 0.1) is 0 Å². The van der Waals surface area contributed by atoms with Gasteiger partial charge in [0.25, 0.3) is 0 Å². The lowest BCUT2D eigenvalue weighted by Crippen LogP contribution is -2.36. The molecule has 3 aromatic heterocycles. The number of aryl methyl sites for hydroxylation is 1. The molecule has 0 spiro atoms. The summed E-state index contributed by atoms with van der Waals surface area (Å²) < 4.78 is 7.61. The van der Waals surface area contributed by atoms with Crippen LogP contribution in [0.15, 0.2) is 12.5 Å². The summed E-state index contributed by atoms with van der Waals surface area (Å²) in [6.45, 7) is 16.1. The van der Waals surface area contributed by atoms with Crippen LogP contribution in [0.1, 0.15) is 59.9 Å². The molecule has 10 heteroatoms. The monoisotopic (exact) mass is 471 g/mol. The first kappa shape index (κ1) is 23.4. The molecular weight excluding hydrogens is 438 g/mol. The second kappa shape index (κ2) is 8.55. The molecule has 3 aromatic rings. The molecule has 1 aliphatic rings. The van der Waals surface area contributed by atoms with Crippen molar-refractivity contribution in [2.24, 2.45) is 0 Å². The summed E-state index contributed by atoms with van der Waals surface area (Å²) in [5.41, 5.74) is 1.00. The Bertz CT molecular complexity index is 1160. The minimum absolute atomic E-state index is 0.0129. The van der Waals surface area contributed by atoms with Crippen LogP contribution < -0.4 is 5.32 Å². The van der Waals surface area contributed by atoms with Crippen molar-refractivity contribution in [1.29, 1.82) is 0 Å². The second-order valence-electron chi connectivity index (χ2n) is 10.4. The Labute approximate surface area is 198 Å². The summed E-state index contributed by atoms with van der Waals surface area (Å²) in [4.78, 5) is 33.7. The van der Waals surface area contributed by atoms with Crippen LogP contribution in [-0.2, 0) is 16.7 Å². The first-order chi connectivity index (χ1) is 15.5. The highest BCUT2D eigenvalue weighted by Crippen LogP contribution is 2.34. The number of likely N-dealkylation sites (tertiary alicyclic amines) is 1. The van der Waals surface area contributed by atoms with Gasteiger partial charge in [-0.1, -0.05) is 20.8 Å². The quantitative estimate of drug-likeness (QED) is 0.589. The number of carbonyl (C=O) groups excluding carboxylic acids is 1. The molecule has 0 saturated carbocycles. The van der Waals surface area contributed by atoms with Gasteiger partial charge in [-0.05, 0) is 34.1 Å². The summed E-state index contributed by atoms with van der Waals surface area (Å²) in [5, 5.41) is 4.56. The number of aromatic nitrogens is 5. The minimum atomic E-state index is -0.506. The summed E-state index contributed by atoms with van der Waals surface area (Å²) in [7, 11) is 0. The van der Waals surface area contributed by atoms with Crippen molar-refractivity contribution in [3.63, 3.8) is 0 Å². The zero-order valence-corrected chi connectivity index (χ0v) is 21.3. The minimum Gasteiger partial charge on any atom is -0.444 e. The molecule has 4 heterocycles. The maximum Gasteiger partial charge on any atom is 0.410 e. The number of amides is 1. The highest BCUT2D eigenvalue weighted by Gasteiger charge is 2.31. The standard InChI is InChI=1S/C23H33N7O2S/c1-8-30-18(15-11-24-20(33-15)22(2,3)4)28-16-17(25-13-26-19(16)30)27-14-9-10-29(12-14)21(31)32-23(5,6)7/h11,13-14H,8-10,12H2,1-7H3,(H,25,26,27). The van der Waals surface area contributed by atoms with E-state index in [0.29, 0.717) is 18.9 Å². The number of hydrogen-bond donors (Lipinski definition) is 1. The van der Waals surface area contributed by atoms with E-state index >= 15 is 0 Å². The van der Waals surface area contributed by atoms with E-state index in [0.717, 1.165) is 39.8 Å². The predicted molar refractivity (Wildman–Crippen MR) is 131 cm³/mol. The molecule has 1 amide bonds. The number of nitrogens with one attached hydrogen (secondary N) is 1. The van der Waals surface area contributed by atoms with E-state index in [9.17, 15) is 4.79 Å². The molecule has 33 heavy (non-hydrogen) atoms. The van der Waals surface area contributed by atoms with Gasteiger partial charge in [-0.2, -0.15) is 0 Å². The van der Waals surface area contributed by atoms with Gasteiger partial charge >= 0.3 is 6.09 Å². The van der Waals surface area contributed by atoms with E-state index in [1.807, 2.05) is 27.0 Å². The fourth-order valence-electron chi connectivity index (χ4n) is 3.82. The third-order valence-corrected chi connectivity index (χ3v) is 6.82. The van der Waals surface area contributed by atoms with Gasteiger partial charge in [0.1, 0.15) is 11.9 Å². The van der Waals surface area contributed by atoms with E-state index in [4.69, 9.17) is 9.72 Å². The molecule has 9 nitrogen and oxygen atoms in total. The Morgan fingerprint density at radius 3 is 2.61 bits per heavy atom. The second-order valence-corrected chi connectivity index (χ2v) is 11.4. The molecule has 1 aliphatic heterocycles. The van der Waals surface area contributed by atoms with Crippen LogP contribution in [0.5, 0.6) is 0 Å². The zero-order valence-electron chi connectivity index (χ0n) is 20.5. The number of fused-ring (bicyclic) bond motifs is 1. The molecule has 0 radical (unpaired) electrons. The lowest BCUT2D eigenvalue weighted by molar-refractivity contribution is 0.0293. The summed E-state index contributed by atoms with van der Waals surface area (Å²) >= 11 is 1.66. The number of hydrogen-bond acceptors (Lipinski definition) is 8. The first-order valence-electron chi connectivity index (χ1n) is 11.4. The SMILES string of the molecule is CCn1c(-c2cnc(C(C)(C)C)s2)nc2c(NC3CCN(C(=O)OC(C)(C)C)C3)ncnc21. The highest BCUT2D eigenvalue weighted by molar-refractivity contribution is 7.15. The molecule has 0 aromatic carbocycles. The Kier molecular flexibility index (Phi) is 6.07. The first-order valence-corrected chi connectivity index (χ1v) is 12.2. The van der Waals surface area contributed by atoms with Gasteiger partial charge in [-0.25, -0.2) is 24.7 Å². The maximum absolute atomic E-state index is 12.4. The molecule has 1 unspecified atom stereocenters. The average molecular weight is 472 g/mol. The Balaban J connectivity index is 1.59. The topological polar surface area (TPSA) is 98.1 Å². The van der Waals surface area contributed by atoms with Crippen molar-refractivity contribution < 1.29 is 9.53 Å². The molecule has 1 N–H and O–H groups in total. The number of ether oxygens (including phenoxy) is 1. The van der Waals surface area contributed by atoms with Crippen LogP contribution in [0.25, 0.3) is 21.9 Å². The van der Waals surface area contributed by atoms with Crippen molar-refractivity contribution in [2.45, 2.75) is 78.5 Å². The van der Waals surface area contributed by atoms with Crippen molar-refractivity contribution in [1.82, 2.24) is 29.4 Å². The van der Waals surface area contributed by atoms with E-state index in [-0.39, 0.29) is 17.6 Å². The van der Waals surface area contributed by atoms with Crippen LogP contribution in [-0.4, -0.2) is 60.2 Å². The predicted octanol–water partition coefficient (Wildman–Crippen LogP) is 4.69. The van der Waals surface area contributed by atoms with Crippen molar-refractivity contribution >= 4 is 34.4 Å². The fourth-order valence-corrected chi connectivity index (χ4v) is 4.79. The normalized spacial score (nSPS) is 17.1. The van der Waals surface area contributed by atoms with Crippen LogP contribution in [0.3, 0.4) is 0 Å². The number of imidazole rings is 1. The lowest BCUT2D eigenvalue weighted by Gasteiger charge is -2.24. The van der Waals surface area contributed by atoms with Gasteiger partial charge in [0.2, 0.25) is 0 Å². The summed E-state index contributed by atoms with van der Waals surface area (Å²) in [6.07, 6.45) is 4.00. The lowest BCUT2D eigenvalue weighted by atomic mass is 9.98. The average Bonchev–Trinajstić information content (AvgIpc) is 3.44. The Morgan fingerprint density at radius 1 is 1.21 bits per heavy atom. The van der Waals surface area contributed by atoms with Crippen LogP contribution in [0.4, 0.5) is 10.6 Å². The maximum atomic E-state index is 12.4. The van der Waals surface area contributed by atoms with Crippen molar-refractivity contribution in [2.75, 3.05) is 18.4 Å². The van der Waals surface area contributed by atoms with Crippen molar-refractivity contribution in [3.05, 3.63) is 17.5 Å². The van der Waals surface area contributed by atoms with E-state index < -0.39 is 5.60 Å². The van der Waals surface area contributed by atoms with E-state index in [1.54, 1.807) is 22.6 Å². The molecule has 0 bridgehead atoms. The summed E-state index contributed by atoms with van der Waals surface area (Å²) in [5.74, 6) is 1.54. The van der Waals surface area contributed by atoms with Crippen LogP contribution >= 0.6 is 11.3 Å². The van der Waals surface area contributed by atoms with Gasteiger partial charge < -0.3 is 19.5 Å². The number of carbonyl (C=O) groups is 1. The third-order valence-electron chi connectivity index (χ3n) is 5.40. The molecule has 1 atom stereocenters. The molecule has 1 saturated heterocycles. The van der Waals surface area contributed by atoms with Gasteiger partial charge in [-0.15, -0.1) is 11.3 Å². The number of nitrogens with zero attached hydrogens (tertiary/aromatic N) is 6. The molecule has 1 fully saturated rings. The molecule has 178 valence electrons. The van der Waals surface area contributed by atoms with Gasteiger partial charge in [0.15, 0.2) is 22.8 Å². The highest BCUT2D eigenvalue weighted by atomic mass is 32.1. The number of anilines is 1. The number of thiazole rings is 1. The van der Waals surface area contributed by atoms with E-state index in [1.165, 1.54) is 0 Å². The Morgan fingerprint density at radius 2 is 1.97 bits per heavy atom. The largest absolute Gasteiger partial charge is 0.444 e. The summed E-state index contributed by atoms with van der Waals surface area (Å²) in [6, 6.07) is 0.0711. The van der Waals surface area contributed by atoms with Crippen molar-refractivity contribution in [3.8, 4) is 10.7 Å². The Hall–Kier alpha value is -2.75. The zero-order chi connectivity index (χ0) is 24.0. The molecule has 0 aliphatic carbocycles. The van der Waals surface area contributed by atoms with E-state index in [2.05, 4.69) is 52.5 Å². The van der Waals surface area contributed by atoms with Gasteiger partial charge in [0.05, 0.1) is 9.88 Å². The smallest absolute Gasteiger partial charge is 0.410 e. The van der Waals surface area contributed by atoms with Gasteiger partial charge in [-0.3, -0.25) is 0 Å².